The molecule has 0 bridgehead atoms. The summed E-state index contributed by atoms with van der Waals surface area (Å²) in [6, 6.07) is 0. The zero-order valence-corrected chi connectivity index (χ0v) is 19.1. The maximum absolute atomic E-state index is 12.2. The molecule has 9 heteroatoms. The minimum absolute atomic E-state index is 0.110. The molecule has 0 radical (unpaired) electrons. The van der Waals surface area contributed by atoms with E-state index in [4.69, 9.17) is 23.7 Å². The van der Waals surface area contributed by atoms with Crippen LogP contribution in [0.4, 0.5) is 0 Å². The first-order chi connectivity index (χ1) is 14.8. The zero-order valence-electron chi connectivity index (χ0n) is 19.1. The molecular weight excluding hydrogens is 408 g/mol. The Labute approximate surface area is 184 Å². The molecule has 0 amide bonds. The van der Waals surface area contributed by atoms with E-state index in [0.717, 1.165) is 0 Å². The summed E-state index contributed by atoms with van der Waals surface area (Å²) in [5.41, 5.74) is 0. The van der Waals surface area contributed by atoms with Gasteiger partial charge in [0.25, 0.3) is 5.79 Å². The molecule has 0 aromatic carbocycles. The summed E-state index contributed by atoms with van der Waals surface area (Å²) in [7, 11) is 0. The Hall–Kier alpha value is -2.16. The van der Waals surface area contributed by atoms with Crippen LogP contribution < -0.4 is 0 Å². The number of rotatable bonds is 13. The third kappa shape index (κ3) is 9.67. The quantitative estimate of drug-likeness (QED) is 0.312. The second kappa shape index (κ2) is 14.0. The van der Waals surface area contributed by atoms with E-state index in [9.17, 15) is 19.2 Å². The molecule has 0 saturated carbocycles. The SMILES string of the molecule is CCCC(=O)OCC1(OC(=O)CCC)C[C@@H](OC(=O)CCC)[C@H](OC(=O)CCC)CO1. The summed E-state index contributed by atoms with van der Waals surface area (Å²) in [6.45, 7) is 6.86. The summed E-state index contributed by atoms with van der Waals surface area (Å²) in [4.78, 5) is 48.3. The third-order valence-corrected chi connectivity index (χ3v) is 4.57. The largest absolute Gasteiger partial charge is 0.459 e. The number of carbonyl (C=O) groups is 4. The highest BCUT2D eigenvalue weighted by Crippen LogP contribution is 2.32. The lowest BCUT2D eigenvalue weighted by Crippen LogP contribution is -2.56. The summed E-state index contributed by atoms with van der Waals surface area (Å²) in [5.74, 6) is -3.47. The van der Waals surface area contributed by atoms with Crippen LogP contribution in [0.15, 0.2) is 0 Å². The van der Waals surface area contributed by atoms with Gasteiger partial charge in [-0.25, -0.2) is 0 Å². The van der Waals surface area contributed by atoms with Crippen LogP contribution in [0.1, 0.15) is 85.5 Å². The molecule has 0 N–H and O–H groups in total. The molecule has 1 aliphatic heterocycles. The third-order valence-electron chi connectivity index (χ3n) is 4.57. The second-order valence-electron chi connectivity index (χ2n) is 7.62. The molecule has 0 aromatic heterocycles. The normalized spacial score (nSPS) is 23.0. The van der Waals surface area contributed by atoms with Gasteiger partial charge in [0.2, 0.25) is 0 Å². The highest BCUT2D eigenvalue weighted by Gasteiger charge is 2.49. The highest BCUT2D eigenvalue weighted by atomic mass is 16.7. The van der Waals surface area contributed by atoms with Crippen molar-refractivity contribution in [2.75, 3.05) is 13.2 Å². The maximum Gasteiger partial charge on any atom is 0.308 e. The fourth-order valence-electron chi connectivity index (χ4n) is 3.06. The number of hydrogen-bond donors (Lipinski definition) is 0. The second-order valence-corrected chi connectivity index (χ2v) is 7.62. The van der Waals surface area contributed by atoms with E-state index in [-0.39, 0.29) is 45.3 Å². The number of hydrogen-bond acceptors (Lipinski definition) is 9. The van der Waals surface area contributed by atoms with Crippen molar-refractivity contribution >= 4 is 23.9 Å². The first kappa shape index (κ1) is 26.9. The van der Waals surface area contributed by atoms with Crippen molar-refractivity contribution in [1.82, 2.24) is 0 Å². The van der Waals surface area contributed by atoms with Gasteiger partial charge in [0.15, 0.2) is 12.7 Å². The maximum atomic E-state index is 12.2. The Morgan fingerprint density at radius 1 is 0.742 bits per heavy atom. The van der Waals surface area contributed by atoms with Gasteiger partial charge in [-0.2, -0.15) is 0 Å². The van der Waals surface area contributed by atoms with Crippen LogP contribution >= 0.6 is 0 Å². The standard InChI is InChI=1S/C22H36O9/c1-5-9-18(23)27-15-22(31-21(26)12-8-4)13-16(29-19(24)10-6-2)17(14-28-22)30-20(25)11-7-3/h16-17H,5-15H2,1-4H3/t16-,17-,22?/m1/s1. The minimum Gasteiger partial charge on any atom is -0.459 e. The number of esters is 4. The van der Waals surface area contributed by atoms with Crippen molar-refractivity contribution in [2.45, 2.75) is 103 Å². The van der Waals surface area contributed by atoms with Crippen LogP contribution in [0, 0.1) is 0 Å². The van der Waals surface area contributed by atoms with Crippen molar-refractivity contribution in [3.8, 4) is 0 Å². The van der Waals surface area contributed by atoms with E-state index in [2.05, 4.69) is 0 Å². The van der Waals surface area contributed by atoms with E-state index in [1.165, 1.54) is 0 Å². The summed E-state index contributed by atoms with van der Waals surface area (Å²) in [5, 5.41) is 0. The van der Waals surface area contributed by atoms with Gasteiger partial charge in [0, 0.05) is 25.7 Å². The Bertz CT molecular complexity index is 604. The smallest absolute Gasteiger partial charge is 0.308 e. The van der Waals surface area contributed by atoms with Crippen LogP contribution in [0.5, 0.6) is 0 Å². The molecule has 0 spiro atoms. The summed E-state index contributed by atoms with van der Waals surface area (Å²) >= 11 is 0. The van der Waals surface area contributed by atoms with Crippen molar-refractivity contribution in [1.29, 1.82) is 0 Å². The Morgan fingerprint density at radius 2 is 1.23 bits per heavy atom. The van der Waals surface area contributed by atoms with Gasteiger partial charge in [-0.3, -0.25) is 19.2 Å². The van der Waals surface area contributed by atoms with Crippen molar-refractivity contribution in [3.63, 3.8) is 0 Å². The lowest BCUT2D eigenvalue weighted by Gasteiger charge is -2.42. The summed E-state index contributed by atoms with van der Waals surface area (Å²) in [6.07, 6.45) is 1.31. The topological polar surface area (TPSA) is 114 Å². The van der Waals surface area contributed by atoms with E-state index < -0.39 is 41.9 Å². The number of carbonyl (C=O) groups excluding carboxylic acids is 4. The lowest BCUT2D eigenvalue weighted by molar-refractivity contribution is -0.296. The average molecular weight is 445 g/mol. The molecule has 178 valence electrons. The van der Waals surface area contributed by atoms with Gasteiger partial charge in [-0.05, 0) is 25.7 Å². The van der Waals surface area contributed by atoms with E-state index in [1.807, 2.05) is 27.7 Å². The van der Waals surface area contributed by atoms with Crippen LogP contribution in [0.3, 0.4) is 0 Å². The lowest BCUT2D eigenvalue weighted by atomic mass is 10.00. The van der Waals surface area contributed by atoms with Gasteiger partial charge >= 0.3 is 23.9 Å². The molecule has 0 aliphatic carbocycles. The van der Waals surface area contributed by atoms with Crippen molar-refractivity contribution in [3.05, 3.63) is 0 Å². The summed E-state index contributed by atoms with van der Waals surface area (Å²) < 4.78 is 27.6. The van der Waals surface area contributed by atoms with Gasteiger partial charge in [0.1, 0.15) is 6.10 Å². The van der Waals surface area contributed by atoms with Gasteiger partial charge in [0.05, 0.1) is 13.0 Å². The van der Waals surface area contributed by atoms with Crippen LogP contribution in [-0.4, -0.2) is 55.1 Å². The van der Waals surface area contributed by atoms with Crippen molar-refractivity contribution < 1.29 is 42.9 Å². The molecule has 0 aromatic rings. The molecule has 1 unspecified atom stereocenters. The predicted molar refractivity (Wildman–Crippen MR) is 110 cm³/mol. The molecular formula is C22H36O9. The first-order valence-electron chi connectivity index (χ1n) is 11.2. The molecule has 1 aliphatic rings. The molecule has 1 saturated heterocycles. The first-order valence-corrected chi connectivity index (χ1v) is 11.2. The van der Waals surface area contributed by atoms with E-state index >= 15 is 0 Å². The molecule has 1 fully saturated rings. The zero-order chi connectivity index (χ0) is 23.3. The average Bonchev–Trinajstić information content (AvgIpc) is 2.69. The van der Waals surface area contributed by atoms with Crippen LogP contribution in [-0.2, 0) is 42.9 Å². The molecule has 3 atom stereocenters. The minimum atomic E-state index is -1.61. The van der Waals surface area contributed by atoms with E-state index in [0.29, 0.717) is 25.7 Å². The molecule has 31 heavy (non-hydrogen) atoms. The van der Waals surface area contributed by atoms with Crippen molar-refractivity contribution in [2.24, 2.45) is 0 Å². The highest BCUT2D eigenvalue weighted by molar-refractivity contribution is 5.71. The van der Waals surface area contributed by atoms with Gasteiger partial charge in [-0.1, -0.05) is 27.7 Å². The van der Waals surface area contributed by atoms with Crippen LogP contribution in [0.2, 0.25) is 0 Å². The van der Waals surface area contributed by atoms with Gasteiger partial charge < -0.3 is 23.7 Å². The fraction of sp³-hybridized carbons (Fsp3) is 0.818. The fourth-order valence-corrected chi connectivity index (χ4v) is 3.06. The monoisotopic (exact) mass is 444 g/mol. The molecule has 9 nitrogen and oxygen atoms in total. The Balaban J connectivity index is 3.04. The van der Waals surface area contributed by atoms with E-state index in [1.54, 1.807) is 0 Å². The predicted octanol–water partition coefficient (Wildman–Crippen LogP) is 3.21. The van der Waals surface area contributed by atoms with Crippen LogP contribution in [0.25, 0.3) is 0 Å². The number of ether oxygens (including phenoxy) is 5. The Morgan fingerprint density at radius 3 is 1.77 bits per heavy atom. The molecule has 1 heterocycles. The Kier molecular flexibility index (Phi) is 12.1. The van der Waals surface area contributed by atoms with Gasteiger partial charge in [-0.15, -0.1) is 0 Å². The molecule has 1 rings (SSSR count).